The second-order valence-electron chi connectivity index (χ2n) is 4.45. The first-order chi connectivity index (χ1) is 10.1. The minimum atomic E-state index is -4.78. The zero-order chi connectivity index (χ0) is 16.9. The average molecular weight is 341 g/mol. The fraction of sp³-hybridized carbons (Fsp3) is 0.462. The summed E-state index contributed by atoms with van der Waals surface area (Å²) in [5, 5.41) is 11.6. The summed E-state index contributed by atoms with van der Waals surface area (Å²) >= 11 is 5.94. The molecule has 0 bridgehead atoms. The van der Waals surface area contributed by atoms with Gasteiger partial charge >= 0.3 is 12.2 Å². The second kappa shape index (κ2) is 7.55. The van der Waals surface area contributed by atoms with Gasteiger partial charge in [0.25, 0.3) is 0 Å². The van der Waals surface area contributed by atoms with Crippen LogP contribution in [-0.4, -0.2) is 48.5 Å². The van der Waals surface area contributed by atoms with E-state index in [1.165, 1.54) is 18.2 Å². The van der Waals surface area contributed by atoms with E-state index in [-0.39, 0.29) is 5.02 Å². The van der Waals surface area contributed by atoms with E-state index in [9.17, 15) is 18.0 Å². The van der Waals surface area contributed by atoms with E-state index < -0.39 is 24.9 Å². The lowest BCUT2D eigenvalue weighted by atomic mass is 10.3. The first-order valence-electron chi connectivity index (χ1n) is 6.34. The van der Waals surface area contributed by atoms with Crippen LogP contribution in [0.5, 0.6) is 5.75 Å². The van der Waals surface area contributed by atoms with E-state index in [2.05, 4.69) is 5.32 Å². The number of anilines is 1. The van der Waals surface area contributed by atoms with Gasteiger partial charge in [0.05, 0.1) is 18.2 Å². The number of benzene rings is 1. The average Bonchev–Trinajstić information content (AvgIpc) is 2.40. The molecule has 0 aliphatic rings. The summed E-state index contributed by atoms with van der Waals surface area (Å²) in [4.78, 5) is 12.5. The van der Waals surface area contributed by atoms with Gasteiger partial charge in [0.1, 0.15) is 5.75 Å². The Kier molecular flexibility index (Phi) is 6.31. The lowest BCUT2D eigenvalue weighted by molar-refractivity contribution is -0.205. The third kappa shape index (κ3) is 5.27. The number of aliphatic hydroxyl groups excluding tert-OH is 1. The predicted octanol–water partition coefficient (Wildman–Crippen LogP) is 3.13. The minimum absolute atomic E-state index is 0.262. The number of amides is 2. The second-order valence-corrected chi connectivity index (χ2v) is 4.85. The fourth-order valence-corrected chi connectivity index (χ4v) is 1.75. The molecular formula is C13H16ClF3N2O3. The molecule has 0 spiro atoms. The Morgan fingerprint density at radius 2 is 2.14 bits per heavy atom. The van der Waals surface area contributed by atoms with E-state index in [1.807, 2.05) is 0 Å². The van der Waals surface area contributed by atoms with Crippen molar-refractivity contribution in [2.75, 3.05) is 25.5 Å². The number of carbonyl (C=O) groups excluding carboxylic acids is 1. The predicted molar refractivity (Wildman–Crippen MR) is 76.3 cm³/mol. The van der Waals surface area contributed by atoms with E-state index in [0.29, 0.717) is 18.0 Å². The molecule has 124 valence electrons. The Morgan fingerprint density at radius 1 is 1.50 bits per heavy atom. The van der Waals surface area contributed by atoms with Crippen molar-refractivity contribution in [2.24, 2.45) is 0 Å². The van der Waals surface area contributed by atoms with Crippen LogP contribution in [0.1, 0.15) is 6.92 Å². The number of alkyl halides is 3. The summed E-state index contributed by atoms with van der Waals surface area (Å²) < 4.78 is 41.9. The molecule has 22 heavy (non-hydrogen) atoms. The Hall–Kier alpha value is -1.67. The molecule has 2 amide bonds. The van der Waals surface area contributed by atoms with Crippen LogP contribution in [0, 0.1) is 0 Å². The molecule has 9 heteroatoms. The van der Waals surface area contributed by atoms with Gasteiger partial charge in [-0.1, -0.05) is 11.6 Å². The normalized spacial score (nSPS) is 12.7. The van der Waals surface area contributed by atoms with Gasteiger partial charge in [-0.3, -0.25) is 0 Å². The molecule has 1 atom stereocenters. The van der Waals surface area contributed by atoms with E-state index in [4.69, 9.17) is 21.4 Å². The smallest absolute Gasteiger partial charge is 0.416 e. The third-order valence-corrected chi connectivity index (χ3v) is 2.95. The molecule has 1 aromatic carbocycles. The van der Waals surface area contributed by atoms with Crippen LogP contribution in [0.3, 0.4) is 0 Å². The van der Waals surface area contributed by atoms with Gasteiger partial charge < -0.3 is 20.1 Å². The lowest BCUT2D eigenvalue weighted by Crippen LogP contribution is -2.43. The number of rotatable bonds is 5. The number of aliphatic hydroxyl groups is 1. The lowest BCUT2D eigenvalue weighted by Gasteiger charge is -2.22. The molecule has 0 saturated carbocycles. The van der Waals surface area contributed by atoms with Crippen molar-refractivity contribution in [1.29, 1.82) is 0 Å². The van der Waals surface area contributed by atoms with Gasteiger partial charge in [-0.2, -0.15) is 13.2 Å². The molecule has 0 heterocycles. The number of likely N-dealkylation sites (N-methyl/N-ethyl adjacent to an activating group) is 1. The Morgan fingerprint density at radius 3 is 2.64 bits per heavy atom. The molecule has 1 unspecified atom stereocenters. The zero-order valence-corrected chi connectivity index (χ0v) is 12.7. The first kappa shape index (κ1) is 18.4. The molecule has 2 N–H and O–H groups in total. The highest BCUT2D eigenvalue weighted by Gasteiger charge is 2.39. The maximum Gasteiger partial charge on any atom is 0.416 e. The standard InChI is InChI=1S/C13H16ClF3N2O3/c1-3-22-10-5-4-8(6-9(10)14)18-12(21)19(2)7-11(20)13(15,16)17/h4-6,11,20H,3,7H2,1-2H3,(H,18,21). The van der Waals surface area contributed by atoms with Gasteiger partial charge in [0.15, 0.2) is 6.10 Å². The van der Waals surface area contributed by atoms with Crippen LogP contribution in [0.2, 0.25) is 5.02 Å². The van der Waals surface area contributed by atoms with Crippen molar-refractivity contribution < 1.29 is 27.8 Å². The van der Waals surface area contributed by atoms with E-state index in [1.54, 1.807) is 6.92 Å². The summed E-state index contributed by atoms with van der Waals surface area (Å²) in [6.07, 6.45) is -7.39. The Labute approximate surface area is 130 Å². The number of ether oxygens (including phenoxy) is 1. The Balaban J connectivity index is 2.66. The van der Waals surface area contributed by atoms with Crippen molar-refractivity contribution in [2.45, 2.75) is 19.2 Å². The zero-order valence-electron chi connectivity index (χ0n) is 11.9. The van der Waals surface area contributed by atoms with Crippen LogP contribution in [0.4, 0.5) is 23.7 Å². The van der Waals surface area contributed by atoms with Crippen molar-refractivity contribution in [1.82, 2.24) is 4.90 Å². The Bertz CT molecular complexity index is 526. The number of hydrogen-bond acceptors (Lipinski definition) is 3. The van der Waals surface area contributed by atoms with Crippen LogP contribution >= 0.6 is 11.6 Å². The van der Waals surface area contributed by atoms with Gasteiger partial charge in [-0.05, 0) is 25.1 Å². The largest absolute Gasteiger partial charge is 0.492 e. The van der Waals surface area contributed by atoms with Crippen LogP contribution in [0.15, 0.2) is 18.2 Å². The maximum absolute atomic E-state index is 12.2. The van der Waals surface area contributed by atoms with E-state index >= 15 is 0 Å². The molecule has 5 nitrogen and oxygen atoms in total. The quantitative estimate of drug-likeness (QED) is 0.865. The SMILES string of the molecule is CCOc1ccc(NC(=O)N(C)CC(O)C(F)(F)F)cc1Cl. The van der Waals surface area contributed by atoms with Crippen molar-refractivity contribution >= 4 is 23.3 Å². The first-order valence-corrected chi connectivity index (χ1v) is 6.72. The topological polar surface area (TPSA) is 61.8 Å². The van der Waals surface area contributed by atoms with Gasteiger partial charge in [-0.25, -0.2) is 4.79 Å². The number of nitrogens with one attached hydrogen (secondary N) is 1. The molecule has 0 aromatic heterocycles. The summed E-state index contributed by atoms with van der Waals surface area (Å²) in [5.41, 5.74) is 0.298. The molecule has 0 radical (unpaired) electrons. The summed E-state index contributed by atoms with van der Waals surface area (Å²) in [5.74, 6) is 0.433. The van der Waals surface area contributed by atoms with Crippen molar-refractivity contribution in [3.8, 4) is 5.75 Å². The molecule has 0 saturated heterocycles. The molecule has 0 fully saturated rings. The number of halogens is 4. The molecule has 1 aromatic rings. The fourth-order valence-electron chi connectivity index (χ4n) is 1.52. The van der Waals surface area contributed by atoms with Gasteiger partial charge in [0, 0.05) is 12.7 Å². The molecule has 0 aliphatic heterocycles. The van der Waals surface area contributed by atoms with Crippen molar-refractivity contribution in [3.63, 3.8) is 0 Å². The highest BCUT2D eigenvalue weighted by Crippen LogP contribution is 2.28. The number of carbonyl (C=O) groups is 1. The summed E-state index contributed by atoms with van der Waals surface area (Å²) in [7, 11) is 1.14. The minimum Gasteiger partial charge on any atom is -0.492 e. The molecule has 1 rings (SSSR count). The highest BCUT2D eigenvalue weighted by molar-refractivity contribution is 6.32. The summed E-state index contributed by atoms with van der Waals surface area (Å²) in [6.45, 7) is 1.33. The third-order valence-electron chi connectivity index (χ3n) is 2.65. The summed E-state index contributed by atoms with van der Waals surface area (Å²) in [6, 6.07) is 3.65. The van der Waals surface area contributed by atoms with Gasteiger partial charge in [-0.15, -0.1) is 0 Å². The monoisotopic (exact) mass is 340 g/mol. The number of nitrogens with zero attached hydrogens (tertiary/aromatic N) is 1. The van der Waals surface area contributed by atoms with Crippen LogP contribution < -0.4 is 10.1 Å². The highest BCUT2D eigenvalue weighted by atomic mass is 35.5. The van der Waals surface area contributed by atoms with Crippen LogP contribution in [0.25, 0.3) is 0 Å². The van der Waals surface area contributed by atoms with Crippen LogP contribution in [-0.2, 0) is 0 Å². The maximum atomic E-state index is 12.2. The van der Waals surface area contributed by atoms with Gasteiger partial charge in [0.2, 0.25) is 0 Å². The van der Waals surface area contributed by atoms with E-state index in [0.717, 1.165) is 11.9 Å². The molecule has 0 aliphatic carbocycles. The molecular weight excluding hydrogens is 325 g/mol. The van der Waals surface area contributed by atoms with Crippen molar-refractivity contribution in [3.05, 3.63) is 23.2 Å². The number of hydrogen-bond donors (Lipinski definition) is 2. The number of urea groups is 1.